The van der Waals surface area contributed by atoms with Crippen molar-refractivity contribution >= 4 is 53.9 Å². The molecule has 1 heterocycles. The van der Waals surface area contributed by atoms with E-state index in [1.165, 1.54) is 92.4 Å². The van der Waals surface area contributed by atoms with Crippen LogP contribution in [0.1, 0.15) is 51.4 Å². The second-order valence-electron chi connectivity index (χ2n) is 10.8. The summed E-state index contributed by atoms with van der Waals surface area (Å²) in [4.78, 5) is 0. The third-order valence-corrected chi connectivity index (χ3v) is 8.31. The first-order chi connectivity index (χ1) is 18.9. The lowest BCUT2D eigenvalue weighted by Gasteiger charge is -2.18. The van der Waals surface area contributed by atoms with Crippen LogP contribution in [-0.4, -0.2) is 13.2 Å². The van der Waals surface area contributed by atoms with Gasteiger partial charge in [0.15, 0.2) is 0 Å². The normalized spacial score (nSPS) is 15.8. The van der Waals surface area contributed by atoms with Gasteiger partial charge in [-0.1, -0.05) is 105 Å². The van der Waals surface area contributed by atoms with E-state index in [-0.39, 0.29) is 0 Å². The quantitative estimate of drug-likeness (QED) is 0.194. The highest BCUT2D eigenvalue weighted by Crippen LogP contribution is 2.45. The molecule has 6 aromatic rings. The molecule has 0 unspecified atom stereocenters. The highest BCUT2D eigenvalue weighted by Gasteiger charge is 2.17. The largest absolute Gasteiger partial charge is 0.493 e. The summed E-state index contributed by atoms with van der Waals surface area (Å²) in [5, 5.41) is 12.5. The minimum Gasteiger partial charge on any atom is -0.493 e. The molecule has 1 aliphatic heterocycles. The number of hydrogen-bond donors (Lipinski definition) is 0. The Morgan fingerprint density at radius 2 is 0.974 bits per heavy atom. The Labute approximate surface area is 224 Å². The van der Waals surface area contributed by atoms with Crippen molar-refractivity contribution < 1.29 is 9.47 Å². The van der Waals surface area contributed by atoms with Gasteiger partial charge in [-0.25, -0.2) is 0 Å². The Bertz CT molecular complexity index is 1780. The molecule has 7 rings (SSSR count). The van der Waals surface area contributed by atoms with Crippen LogP contribution in [0.4, 0.5) is 0 Å². The fourth-order valence-corrected chi connectivity index (χ4v) is 6.40. The molecule has 0 radical (unpaired) electrons. The van der Waals surface area contributed by atoms with Crippen molar-refractivity contribution in [3.8, 4) is 11.5 Å². The van der Waals surface area contributed by atoms with E-state index in [2.05, 4.69) is 84.9 Å². The molecule has 38 heavy (non-hydrogen) atoms. The second kappa shape index (κ2) is 10.2. The molecular formula is C36H34O2. The summed E-state index contributed by atoms with van der Waals surface area (Å²) in [5.41, 5.74) is 0. The van der Waals surface area contributed by atoms with Crippen LogP contribution >= 0.6 is 0 Å². The molecular weight excluding hydrogens is 464 g/mol. The molecule has 0 atom stereocenters. The maximum absolute atomic E-state index is 6.56. The van der Waals surface area contributed by atoms with Crippen molar-refractivity contribution in [1.82, 2.24) is 0 Å². The van der Waals surface area contributed by atoms with Gasteiger partial charge in [-0.2, -0.15) is 0 Å². The van der Waals surface area contributed by atoms with Crippen molar-refractivity contribution in [3.63, 3.8) is 0 Å². The lowest BCUT2D eigenvalue weighted by Crippen LogP contribution is -2.00. The van der Waals surface area contributed by atoms with Crippen LogP contribution in [0.15, 0.2) is 84.9 Å². The number of ether oxygens (including phenoxy) is 2. The lowest BCUT2D eigenvalue weighted by atomic mass is 9.90. The van der Waals surface area contributed by atoms with Crippen molar-refractivity contribution in [3.05, 3.63) is 84.9 Å². The first-order valence-electron chi connectivity index (χ1n) is 14.4. The van der Waals surface area contributed by atoms with Gasteiger partial charge in [-0.15, -0.1) is 0 Å². The van der Waals surface area contributed by atoms with Gasteiger partial charge in [0, 0.05) is 21.5 Å². The van der Waals surface area contributed by atoms with Crippen LogP contribution in [-0.2, 0) is 0 Å². The molecule has 0 amide bonds. The molecule has 0 saturated heterocycles. The van der Waals surface area contributed by atoms with E-state index in [1.54, 1.807) is 0 Å². The van der Waals surface area contributed by atoms with Gasteiger partial charge < -0.3 is 9.47 Å². The average Bonchev–Trinajstić information content (AvgIpc) is 2.96. The molecule has 0 fully saturated rings. The van der Waals surface area contributed by atoms with Crippen LogP contribution < -0.4 is 9.47 Å². The van der Waals surface area contributed by atoms with Crippen molar-refractivity contribution in [2.75, 3.05) is 13.2 Å². The minimum atomic E-state index is 0.760. The van der Waals surface area contributed by atoms with E-state index in [4.69, 9.17) is 9.47 Å². The molecule has 0 saturated carbocycles. The molecule has 2 nitrogen and oxygen atoms in total. The molecule has 2 bridgehead atoms. The van der Waals surface area contributed by atoms with Crippen LogP contribution in [0.5, 0.6) is 11.5 Å². The monoisotopic (exact) mass is 498 g/mol. The van der Waals surface area contributed by atoms with Gasteiger partial charge >= 0.3 is 0 Å². The van der Waals surface area contributed by atoms with Gasteiger partial charge in [0.25, 0.3) is 0 Å². The fourth-order valence-electron chi connectivity index (χ4n) is 6.40. The second-order valence-corrected chi connectivity index (χ2v) is 10.8. The summed E-state index contributed by atoms with van der Waals surface area (Å²) in [7, 11) is 0. The highest BCUT2D eigenvalue weighted by molar-refractivity contribution is 6.33. The molecule has 1 aliphatic rings. The number of hydrogen-bond acceptors (Lipinski definition) is 2. The number of rotatable bonds is 0. The lowest BCUT2D eigenvalue weighted by molar-refractivity contribution is 0.304. The number of benzene rings is 6. The van der Waals surface area contributed by atoms with Crippen molar-refractivity contribution in [2.24, 2.45) is 0 Å². The Kier molecular flexibility index (Phi) is 6.25. The van der Waals surface area contributed by atoms with Gasteiger partial charge in [0.05, 0.1) is 13.2 Å². The molecule has 0 aromatic heterocycles. The SMILES string of the molecule is c1ccc2c(c1)ccc1ccc3c4cc5ccc6cccc(c6c5c3c12)OCCCCCCCCCCO4. The zero-order valence-electron chi connectivity index (χ0n) is 22.0. The maximum atomic E-state index is 6.56. The van der Waals surface area contributed by atoms with Gasteiger partial charge in [0.1, 0.15) is 11.5 Å². The Hall–Kier alpha value is -3.78. The van der Waals surface area contributed by atoms with Gasteiger partial charge in [-0.05, 0) is 63.4 Å². The van der Waals surface area contributed by atoms with E-state index in [9.17, 15) is 0 Å². The smallest absolute Gasteiger partial charge is 0.127 e. The Morgan fingerprint density at radius 1 is 0.368 bits per heavy atom. The molecule has 2 heteroatoms. The zero-order valence-corrected chi connectivity index (χ0v) is 22.0. The highest BCUT2D eigenvalue weighted by atomic mass is 16.5. The molecule has 0 aliphatic carbocycles. The van der Waals surface area contributed by atoms with E-state index in [0.717, 1.165) is 37.6 Å². The predicted molar refractivity (Wildman–Crippen MR) is 162 cm³/mol. The average molecular weight is 499 g/mol. The minimum absolute atomic E-state index is 0.760. The fraction of sp³-hybridized carbons (Fsp3) is 0.278. The molecule has 190 valence electrons. The van der Waals surface area contributed by atoms with Gasteiger partial charge in [-0.3, -0.25) is 0 Å². The third-order valence-electron chi connectivity index (χ3n) is 8.31. The summed E-state index contributed by atoms with van der Waals surface area (Å²) < 4.78 is 13.1. The van der Waals surface area contributed by atoms with Crippen molar-refractivity contribution in [2.45, 2.75) is 51.4 Å². The molecule has 0 spiro atoms. The first kappa shape index (κ1) is 23.3. The van der Waals surface area contributed by atoms with Gasteiger partial charge in [0.2, 0.25) is 0 Å². The number of fused-ring (bicyclic) bond motifs is 3. The molecule has 6 aromatic carbocycles. The van der Waals surface area contributed by atoms with Crippen LogP contribution in [0.25, 0.3) is 53.9 Å². The van der Waals surface area contributed by atoms with Crippen LogP contribution in [0.2, 0.25) is 0 Å². The van der Waals surface area contributed by atoms with E-state index in [0.29, 0.717) is 0 Å². The summed E-state index contributed by atoms with van der Waals surface area (Å²) in [5.74, 6) is 1.97. The summed E-state index contributed by atoms with van der Waals surface area (Å²) in [6, 6.07) is 31.0. The summed E-state index contributed by atoms with van der Waals surface area (Å²) >= 11 is 0. The predicted octanol–water partition coefficient (Wildman–Crippen LogP) is 10.3. The molecule has 0 N–H and O–H groups in total. The Balaban J connectivity index is 1.59. The standard InChI is InChI=1S/C36H34O2/c1-2-4-6-10-23-38-32-24-28-19-18-26-13-11-15-31(37-22-9-5-3-1)34(26)35(28)36-30(32)21-20-27-17-16-25-12-7-8-14-29(25)33(27)36/h7-8,11-21,24H,1-6,9-10,22-23H2. The topological polar surface area (TPSA) is 18.5 Å². The van der Waals surface area contributed by atoms with E-state index in [1.807, 2.05) is 0 Å². The first-order valence-corrected chi connectivity index (χ1v) is 14.4. The zero-order chi connectivity index (χ0) is 25.3. The Morgan fingerprint density at radius 3 is 1.79 bits per heavy atom. The summed E-state index contributed by atoms with van der Waals surface area (Å²) in [6.07, 6.45) is 9.90. The van der Waals surface area contributed by atoms with Crippen molar-refractivity contribution in [1.29, 1.82) is 0 Å². The van der Waals surface area contributed by atoms with Crippen LogP contribution in [0.3, 0.4) is 0 Å². The van der Waals surface area contributed by atoms with Crippen LogP contribution in [0, 0.1) is 0 Å². The summed E-state index contributed by atoms with van der Waals surface area (Å²) in [6.45, 7) is 1.52. The van der Waals surface area contributed by atoms with E-state index >= 15 is 0 Å². The third kappa shape index (κ3) is 4.13. The maximum Gasteiger partial charge on any atom is 0.127 e. The van der Waals surface area contributed by atoms with E-state index < -0.39 is 0 Å².